The van der Waals surface area contributed by atoms with Crippen LogP contribution < -0.4 is 4.84 Å². The number of aliphatic hydroxyl groups excluding tert-OH is 1. The standard InChI is InChI=1S/C11H12ClNO3/c1-16-11(15)6-2-3-8-7(4-6)5-9(14)10(8)13-12/h2-4,9-10,13-14H,5H2,1H3/t9-,10-/m1/s1. The van der Waals surface area contributed by atoms with Crippen molar-refractivity contribution >= 4 is 17.7 Å². The van der Waals surface area contributed by atoms with E-state index in [0.717, 1.165) is 11.1 Å². The van der Waals surface area contributed by atoms with Crippen LogP contribution in [0.15, 0.2) is 18.2 Å². The fourth-order valence-electron chi connectivity index (χ4n) is 2.01. The highest BCUT2D eigenvalue weighted by Gasteiger charge is 2.30. The average Bonchev–Trinajstić information content (AvgIpc) is 2.62. The van der Waals surface area contributed by atoms with E-state index in [4.69, 9.17) is 11.8 Å². The lowest BCUT2D eigenvalue weighted by molar-refractivity contribution is 0.0600. The topological polar surface area (TPSA) is 58.6 Å². The van der Waals surface area contributed by atoms with Gasteiger partial charge in [-0.2, -0.15) is 0 Å². The third-order valence-electron chi connectivity index (χ3n) is 2.83. The Morgan fingerprint density at radius 1 is 1.62 bits per heavy atom. The van der Waals surface area contributed by atoms with Crippen LogP contribution in [0.5, 0.6) is 0 Å². The molecule has 0 spiro atoms. The number of carbonyl (C=O) groups excluding carboxylic acids is 1. The van der Waals surface area contributed by atoms with Crippen LogP contribution in [0.3, 0.4) is 0 Å². The molecule has 0 aliphatic heterocycles. The molecular weight excluding hydrogens is 230 g/mol. The summed E-state index contributed by atoms with van der Waals surface area (Å²) in [5, 5.41) is 9.73. The monoisotopic (exact) mass is 241 g/mol. The van der Waals surface area contributed by atoms with Crippen LogP contribution in [-0.4, -0.2) is 24.3 Å². The van der Waals surface area contributed by atoms with Crippen LogP contribution in [0.4, 0.5) is 0 Å². The number of nitrogens with one attached hydrogen (secondary N) is 1. The highest BCUT2D eigenvalue weighted by atomic mass is 35.5. The summed E-state index contributed by atoms with van der Waals surface area (Å²) in [5.74, 6) is -0.375. The van der Waals surface area contributed by atoms with E-state index in [9.17, 15) is 9.90 Å². The maximum Gasteiger partial charge on any atom is 0.337 e. The first-order chi connectivity index (χ1) is 7.67. The van der Waals surface area contributed by atoms with Crippen LogP contribution in [0, 0.1) is 0 Å². The molecule has 1 aliphatic carbocycles. The summed E-state index contributed by atoms with van der Waals surface area (Å²) in [6.07, 6.45) is -0.0646. The van der Waals surface area contributed by atoms with Crippen molar-refractivity contribution in [3.63, 3.8) is 0 Å². The van der Waals surface area contributed by atoms with Crippen molar-refractivity contribution in [1.82, 2.24) is 4.84 Å². The molecular formula is C11H12ClNO3. The van der Waals surface area contributed by atoms with Gasteiger partial charge in [-0.05, 0) is 35.0 Å². The predicted octanol–water partition coefficient (Wildman–Crippen LogP) is 1.17. The Morgan fingerprint density at radius 3 is 3.00 bits per heavy atom. The number of methoxy groups -OCH3 is 1. The number of rotatable bonds is 2. The van der Waals surface area contributed by atoms with Gasteiger partial charge in [-0.1, -0.05) is 6.07 Å². The number of hydrogen-bond donors (Lipinski definition) is 2. The van der Waals surface area contributed by atoms with Crippen LogP contribution in [0.25, 0.3) is 0 Å². The molecule has 5 heteroatoms. The lowest BCUT2D eigenvalue weighted by Crippen LogP contribution is -2.21. The minimum Gasteiger partial charge on any atom is -0.465 e. The Morgan fingerprint density at radius 2 is 2.38 bits per heavy atom. The van der Waals surface area contributed by atoms with Gasteiger partial charge >= 0.3 is 5.97 Å². The van der Waals surface area contributed by atoms with Crippen molar-refractivity contribution in [3.8, 4) is 0 Å². The third-order valence-corrected chi connectivity index (χ3v) is 3.07. The first-order valence-electron chi connectivity index (χ1n) is 4.92. The molecule has 0 saturated heterocycles. The molecule has 0 aromatic heterocycles. The van der Waals surface area contributed by atoms with E-state index in [-0.39, 0.29) is 12.0 Å². The molecule has 0 bridgehead atoms. The van der Waals surface area contributed by atoms with E-state index < -0.39 is 6.10 Å². The van der Waals surface area contributed by atoms with Gasteiger partial charge in [0.05, 0.1) is 24.8 Å². The fraction of sp³-hybridized carbons (Fsp3) is 0.364. The Kier molecular flexibility index (Phi) is 3.14. The number of fused-ring (bicyclic) bond motifs is 1. The molecule has 1 aromatic rings. The molecule has 0 radical (unpaired) electrons. The van der Waals surface area contributed by atoms with Crippen LogP contribution in [-0.2, 0) is 11.2 Å². The molecule has 0 heterocycles. The molecule has 1 aliphatic rings. The smallest absolute Gasteiger partial charge is 0.337 e. The maximum absolute atomic E-state index is 11.3. The molecule has 0 saturated carbocycles. The molecule has 1 aromatic carbocycles. The summed E-state index contributed by atoms with van der Waals surface area (Å²) < 4.78 is 4.63. The molecule has 16 heavy (non-hydrogen) atoms. The van der Waals surface area contributed by atoms with E-state index >= 15 is 0 Å². The fourth-order valence-corrected chi connectivity index (χ4v) is 2.28. The summed E-state index contributed by atoms with van der Waals surface area (Å²) in [6, 6.07) is 4.92. The number of esters is 1. The minimum absolute atomic E-state index is 0.275. The van der Waals surface area contributed by atoms with E-state index in [2.05, 4.69) is 9.57 Å². The zero-order valence-electron chi connectivity index (χ0n) is 8.74. The van der Waals surface area contributed by atoms with Crippen molar-refractivity contribution in [3.05, 3.63) is 34.9 Å². The number of hydrogen-bond acceptors (Lipinski definition) is 4. The summed E-state index contributed by atoms with van der Waals surface area (Å²) in [4.78, 5) is 13.9. The van der Waals surface area contributed by atoms with Crippen LogP contribution in [0.1, 0.15) is 27.5 Å². The van der Waals surface area contributed by atoms with Crippen molar-refractivity contribution in [2.45, 2.75) is 18.6 Å². The van der Waals surface area contributed by atoms with Gasteiger partial charge in [-0.3, -0.25) is 0 Å². The van der Waals surface area contributed by atoms with Crippen LogP contribution in [0.2, 0.25) is 0 Å². The highest BCUT2D eigenvalue weighted by molar-refractivity contribution is 6.13. The second-order valence-electron chi connectivity index (χ2n) is 3.76. The lowest BCUT2D eigenvalue weighted by Gasteiger charge is -2.12. The van der Waals surface area contributed by atoms with E-state index in [1.165, 1.54) is 7.11 Å². The lowest BCUT2D eigenvalue weighted by atomic mass is 10.1. The third kappa shape index (κ3) is 1.80. The van der Waals surface area contributed by atoms with Gasteiger partial charge in [0, 0.05) is 6.42 Å². The molecule has 4 nitrogen and oxygen atoms in total. The second-order valence-corrected chi connectivity index (χ2v) is 3.98. The highest BCUT2D eigenvalue weighted by Crippen LogP contribution is 2.32. The average molecular weight is 242 g/mol. The van der Waals surface area contributed by atoms with Crippen LogP contribution >= 0.6 is 11.8 Å². The normalized spacial score (nSPS) is 22.9. The van der Waals surface area contributed by atoms with Gasteiger partial charge in [0.25, 0.3) is 0 Å². The van der Waals surface area contributed by atoms with Gasteiger partial charge in [0.15, 0.2) is 0 Å². The molecule has 2 N–H and O–H groups in total. The number of carbonyl (C=O) groups is 1. The van der Waals surface area contributed by atoms with E-state index in [0.29, 0.717) is 12.0 Å². The molecule has 0 fully saturated rings. The summed E-state index contributed by atoms with van der Waals surface area (Å²) >= 11 is 5.56. The number of halogens is 1. The first-order valence-corrected chi connectivity index (χ1v) is 5.30. The SMILES string of the molecule is COC(=O)c1ccc2c(c1)C[C@@H](O)[C@@H]2NCl. The summed E-state index contributed by atoms with van der Waals surface area (Å²) in [6.45, 7) is 0. The maximum atomic E-state index is 11.3. The van der Waals surface area contributed by atoms with Gasteiger partial charge in [0.1, 0.15) is 0 Å². The first kappa shape index (κ1) is 11.4. The molecule has 0 unspecified atom stereocenters. The Balaban J connectivity index is 2.36. The largest absolute Gasteiger partial charge is 0.465 e. The Hall–Kier alpha value is -1.10. The number of benzene rings is 1. The molecule has 86 valence electrons. The van der Waals surface area contributed by atoms with Crippen molar-refractivity contribution in [2.75, 3.05) is 7.11 Å². The molecule has 2 atom stereocenters. The Bertz CT molecular complexity index is 422. The zero-order valence-corrected chi connectivity index (χ0v) is 9.49. The Labute approximate surface area is 98.3 Å². The van der Waals surface area contributed by atoms with Gasteiger partial charge in [-0.15, -0.1) is 0 Å². The predicted molar refractivity (Wildman–Crippen MR) is 59.2 cm³/mol. The quantitative estimate of drug-likeness (QED) is 0.603. The number of ether oxygens (including phenoxy) is 1. The minimum atomic E-state index is -0.555. The molecule has 2 rings (SSSR count). The van der Waals surface area contributed by atoms with E-state index in [1.54, 1.807) is 18.2 Å². The second kappa shape index (κ2) is 4.41. The summed E-state index contributed by atoms with van der Waals surface area (Å²) in [7, 11) is 1.34. The van der Waals surface area contributed by atoms with Crippen molar-refractivity contribution < 1.29 is 14.6 Å². The number of aliphatic hydroxyl groups is 1. The van der Waals surface area contributed by atoms with Crippen molar-refractivity contribution in [2.24, 2.45) is 0 Å². The van der Waals surface area contributed by atoms with E-state index in [1.807, 2.05) is 0 Å². The van der Waals surface area contributed by atoms with Gasteiger partial charge in [-0.25, -0.2) is 9.63 Å². The summed E-state index contributed by atoms with van der Waals surface area (Å²) in [5.41, 5.74) is 2.34. The zero-order chi connectivity index (χ0) is 11.7. The van der Waals surface area contributed by atoms with Gasteiger partial charge < -0.3 is 9.84 Å². The van der Waals surface area contributed by atoms with Crippen molar-refractivity contribution in [1.29, 1.82) is 0 Å². The van der Waals surface area contributed by atoms with Gasteiger partial charge in [0.2, 0.25) is 0 Å². The molecule has 0 amide bonds.